The van der Waals surface area contributed by atoms with Crippen LogP contribution in [0.4, 0.5) is 0 Å². The standard InChI is InChI=1S/C38H30/c1-3-25-21-23-35(29-15-7-5-13-27(25)29)37-31-17-9-11-19-33(31)38(34-20-12-10-18-32(34)37)36-24-22-26(4-2)28-14-6-8-16-30(28)36/h5-24H,3-4H2,1-2H3. The third kappa shape index (κ3) is 3.37. The molecule has 0 saturated carbocycles. The summed E-state index contributed by atoms with van der Waals surface area (Å²) in [5.41, 5.74) is 8.07. The molecule has 7 rings (SSSR count). The Morgan fingerprint density at radius 1 is 0.316 bits per heavy atom. The van der Waals surface area contributed by atoms with Gasteiger partial charge >= 0.3 is 0 Å². The first kappa shape index (κ1) is 22.8. The molecule has 7 aromatic carbocycles. The minimum absolute atomic E-state index is 1.03. The van der Waals surface area contributed by atoms with E-state index in [1.165, 1.54) is 76.5 Å². The number of aryl methyl sites for hydroxylation is 2. The number of hydrogen-bond donors (Lipinski definition) is 0. The molecule has 0 amide bonds. The molecule has 0 saturated heterocycles. The van der Waals surface area contributed by atoms with E-state index in [0.717, 1.165) is 12.8 Å². The van der Waals surface area contributed by atoms with Crippen molar-refractivity contribution in [3.8, 4) is 22.3 Å². The van der Waals surface area contributed by atoms with E-state index in [4.69, 9.17) is 0 Å². The zero-order valence-electron chi connectivity index (χ0n) is 22.0. The summed E-state index contributed by atoms with van der Waals surface area (Å²) in [6, 6.07) is 45.1. The van der Waals surface area contributed by atoms with E-state index in [1.54, 1.807) is 0 Å². The average molecular weight is 487 g/mol. The molecule has 182 valence electrons. The molecule has 0 nitrogen and oxygen atoms in total. The van der Waals surface area contributed by atoms with Crippen molar-refractivity contribution in [3.63, 3.8) is 0 Å². The van der Waals surface area contributed by atoms with Gasteiger partial charge in [-0.05, 0) is 89.3 Å². The zero-order chi connectivity index (χ0) is 25.6. The first-order valence-electron chi connectivity index (χ1n) is 13.8. The van der Waals surface area contributed by atoms with E-state index in [1.807, 2.05) is 0 Å². The number of benzene rings is 7. The smallest absolute Gasteiger partial charge is 0.00201 e. The van der Waals surface area contributed by atoms with Crippen LogP contribution in [-0.4, -0.2) is 0 Å². The van der Waals surface area contributed by atoms with Crippen molar-refractivity contribution in [3.05, 3.63) is 132 Å². The van der Waals surface area contributed by atoms with Gasteiger partial charge in [-0.3, -0.25) is 0 Å². The van der Waals surface area contributed by atoms with E-state index < -0.39 is 0 Å². The fourth-order valence-electron chi connectivity index (χ4n) is 6.48. The highest BCUT2D eigenvalue weighted by Crippen LogP contribution is 2.47. The van der Waals surface area contributed by atoms with Gasteiger partial charge in [-0.1, -0.05) is 135 Å². The molecular weight excluding hydrogens is 456 g/mol. The van der Waals surface area contributed by atoms with E-state index >= 15 is 0 Å². The molecule has 0 aromatic heterocycles. The van der Waals surface area contributed by atoms with E-state index in [0.29, 0.717) is 0 Å². The van der Waals surface area contributed by atoms with Crippen molar-refractivity contribution in [2.45, 2.75) is 26.7 Å². The Bertz CT molecular complexity index is 1790. The second-order valence-corrected chi connectivity index (χ2v) is 10.2. The highest BCUT2D eigenvalue weighted by molar-refractivity contribution is 6.25. The molecule has 38 heavy (non-hydrogen) atoms. The van der Waals surface area contributed by atoms with Crippen LogP contribution in [0.2, 0.25) is 0 Å². The maximum atomic E-state index is 2.35. The topological polar surface area (TPSA) is 0 Å². The predicted octanol–water partition coefficient (Wildman–Crippen LogP) is 10.8. The minimum Gasteiger partial charge on any atom is -0.0616 e. The third-order valence-electron chi connectivity index (χ3n) is 8.26. The molecule has 0 unspecified atom stereocenters. The van der Waals surface area contributed by atoms with Gasteiger partial charge in [0, 0.05) is 0 Å². The van der Waals surface area contributed by atoms with E-state index in [9.17, 15) is 0 Å². The second-order valence-electron chi connectivity index (χ2n) is 10.2. The van der Waals surface area contributed by atoms with Gasteiger partial charge in [-0.2, -0.15) is 0 Å². The molecule has 0 aliphatic rings. The lowest BCUT2D eigenvalue weighted by molar-refractivity contribution is 1.16. The fraction of sp³-hybridized carbons (Fsp3) is 0.105. The molecule has 0 N–H and O–H groups in total. The summed E-state index contributed by atoms with van der Waals surface area (Å²) in [6.07, 6.45) is 2.06. The Morgan fingerprint density at radius 2 is 0.605 bits per heavy atom. The lowest BCUT2D eigenvalue weighted by atomic mass is 9.83. The van der Waals surface area contributed by atoms with Gasteiger partial charge in [0.05, 0.1) is 0 Å². The Balaban J connectivity index is 1.66. The first-order chi connectivity index (χ1) is 18.8. The van der Waals surface area contributed by atoms with Gasteiger partial charge in [0.25, 0.3) is 0 Å². The number of hydrogen-bond acceptors (Lipinski definition) is 0. The average Bonchev–Trinajstić information content (AvgIpc) is 2.99. The molecule has 0 heterocycles. The lowest BCUT2D eigenvalue weighted by Gasteiger charge is -2.20. The normalized spacial score (nSPS) is 11.6. The lowest BCUT2D eigenvalue weighted by Crippen LogP contribution is -1.94. The van der Waals surface area contributed by atoms with E-state index in [-0.39, 0.29) is 0 Å². The summed E-state index contributed by atoms with van der Waals surface area (Å²) in [5, 5.41) is 10.6. The van der Waals surface area contributed by atoms with Crippen LogP contribution in [0.1, 0.15) is 25.0 Å². The van der Waals surface area contributed by atoms with Crippen molar-refractivity contribution < 1.29 is 0 Å². The molecule has 0 heteroatoms. The molecule has 0 aliphatic carbocycles. The molecule has 0 fully saturated rings. The Labute approximate surface area is 224 Å². The highest BCUT2D eigenvalue weighted by Gasteiger charge is 2.19. The Kier molecular flexibility index (Phi) is 5.48. The number of rotatable bonds is 4. The van der Waals surface area contributed by atoms with Crippen LogP contribution in [0.5, 0.6) is 0 Å². The van der Waals surface area contributed by atoms with Crippen molar-refractivity contribution in [2.24, 2.45) is 0 Å². The van der Waals surface area contributed by atoms with Gasteiger partial charge in [0.2, 0.25) is 0 Å². The molecule has 0 radical (unpaired) electrons. The fourth-order valence-corrected chi connectivity index (χ4v) is 6.48. The summed E-state index contributed by atoms with van der Waals surface area (Å²) in [4.78, 5) is 0. The van der Waals surface area contributed by atoms with Crippen LogP contribution in [0.25, 0.3) is 65.3 Å². The van der Waals surface area contributed by atoms with Crippen LogP contribution >= 0.6 is 0 Å². The largest absolute Gasteiger partial charge is 0.0616 e. The molecule has 0 bridgehead atoms. The minimum atomic E-state index is 1.03. The van der Waals surface area contributed by atoms with E-state index in [2.05, 4.69) is 135 Å². The summed E-state index contributed by atoms with van der Waals surface area (Å²) < 4.78 is 0. The quantitative estimate of drug-likeness (QED) is 0.217. The van der Waals surface area contributed by atoms with Gasteiger partial charge in [-0.25, -0.2) is 0 Å². The third-order valence-corrected chi connectivity index (χ3v) is 8.26. The summed E-state index contributed by atoms with van der Waals surface area (Å²) in [5.74, 6) is 0. The van der Waals surface area contributed by atoms with Crippen molar-refractivity contribution in [2.75, 3.05) is 0 Å². The summed E-state index contributed by atoms with van der Waals surface area (Å²) in [6.45, 7) is 4.49. The molecule has 0 atom stereocenters. The van der Waals surface area contributed by atoms with Crippen LogP contribution in [0.15, 0.2) is 121 Å². The Hall–Kier alpha value is -4.42. The van der Waals surface area contributed by atoms with Crippen LogP contribution in [0.3, 0.4) is 0 Å². The maximum Gasteiger partial charge on any atom is -0.00201 e. The predicted molar refractivity (Wildman–Crippen MR) is 166 cm³/mol. The van der Waals surface area contributed by atoms with Crippen molar-refractivity contribution in [1.29, 1.82) is 0 Å². The maximum absolute atomic E-state index is 2.35. The summed E-state index contributed by atoms with van der Waals surface area (Å²) in [7, 11) is 0. The van der Waals surface area contributed by atoms with Crippen LogP contribution in [-0.2, 0) is 12.8 Å². The first-order valence-corrected chi connectivity index (χ1v) is 13.8. The number of fused-ring (bicyclic) bond motifs is 4. The Morgan fingerprint density at radius 3 is 0.921 bits per heavy atom. The molecule has 0 aliphatic heterocycles. The molecular formula is C38H30. The second kappa shape index (κ2) is 9.15. The zero-order valence-corrected chi connectivity index (χ0v) is 22.0. The van der Waals surface area contributed by atoms with Gasteiger partial charge in [0.1, 0.15) is 0 Å². The highest BCUT2D eigenvalue weighted by atomic mass is 14.2. The van der Waals surface area contributed by atoms with Gasteiger partial charge < -0.3 is 0 Å². The van der Waals surface area contributed by atoms with Gasteiger partial charge in [-0.15, -0.1) is 0 Å². The van der Waals surface area contributed by atoms with Crippen LogP contribution < -0.4 is 0 Å². The van der Waals surface area contributed by atoms with Gasteiger partial charge in [0.15, 0.2) is 0 Å². The van der Waals surface area contributed by atoms with Crippen LogP contribution in [0, 0.1) is 0 Å². The van der Waals surface area contributed by atoms with Crippen molar-refractivity contribution >= 4 is 43.1 Å². The van der Waals surface area contributed by atoms with Crippen molar-refractivity contribution in [1.82, 2.24) is 0 Å². The summed E-state index contributed by atoms with van der Waals surface area (Å²) >= 11 is 0. The molecule has 7 aromatic rings. The molecule has 0 spiro atoms. The monoisotopic (exact) mass is 486 g/mol. The SMILES string of the molecule is CCc1ccc(-c2c3ccccc3c(-c3ccc(CC)c4ccccc34)c3ccccc23)c2ccccc12.